The Morgan fingerprint density at radius 1 is 1.20 bits per heavy atom. The number of aliphatic carboxylic acids is 1. The van der Waals surface area contributed by atoms with Crippen LogP contribution >= 0.6 is 11.6 Å². The van der Waals surface area contributed by atoms with Crippen LogP contribution in [0, 0.1) is 5.41 Å². The average molecular weight is 602 g/mol. The molecule has 4 rings (SSSR count). The Kier molecular flexibility index (Phi) is 10.3. The van der Waals surface area contributed by atoms with Crippen LogP contribution in [0.3, 0.4) is 0 Å². The van der Waals surface area contributed by atoms with Crippen LogP contribution in [0.4, 0.5) is 5.69 Å². The lowest BCUT2D eigenvalue weighted by molar-refractivity contribution is -0.134. The maximum Gasteiger partial charge on any atom is 0.320 e. The van der Waals surface area contributed by atoms with E-state index in [4.69, 9.17) is 32.5 Å². The number of rotatable bonds is 10. The molecule has 0 amide bonds. The second-order valence-electron chi connectivity index (χ2n) is 10.2. The lowest BCUT2D eigenvalue weighted by Gasteiger charge is -2.34. The monoisotopic (exact) mass is 601 g/mol. The summed E-state index contributed by atoms with van der Waals surface area (Å²) < 4.78 is 33.2. The number of likely N-dealkylation sites (tertiary alicyclic amines) is 1. The maximum atomic E-state index is 13.0. The number of amidine groups is 2. The Labute approximate surface area is 246 Å². The topological polar surface area (TPSA) is 149 Å². The fourth-order valence-electron chi connectivity index (χ4n) is 4.98. The molecule has 4 N–H and O–H groups in total. The highest BCUT2D eigenvalue weighted by Crippen LogP contribution is 2.33. The van der Waals surface area contributed by atoms with Gasteiger partial charge in [-0.2, -0.15) is 0 Å². The van der Waals surface area contributed by atoms with Gasteiger partial charge in [0.25, 0.3) is 0 Å². The molecule has 1 fully saturated rings. The van der Waals surface area contributed by atoms with E-state index in [1.807, 2.05) is 0 Å². The first-order chi connectivity index (χ1) is 19.6. The molecule has 0 spiro atoms. The number of hydrogen-bond acceptors (Lipinski definition) is 7. The SMILES string of the molecule is N=C(N)c1cccc(/C=C/CN(c2ccc(OC3CCN(C4=NCCCCC4)CC3)c(Cl)c2)S(=O)(=O)CC(=O)O)c1. The number of aliphatic imine (C=N–C) groups is 1. The second-order valence-corrected chi connectivity index (χ2v) is 12.5. The summed E-state index contributed by atoms with van der Waals surface area (Å²) in [6, 6.07) is 11.6. The van der Waals surface area contributed by atoms with E-state index < -0.39 is 21.7 Å². The molecule has 0 unspecified atom stereocenters. The van der Waals surface area contributed by atoms with Gasteiger partial charge in [0.1, 0.15) is 17.7 Å². The number of carboxylic acid groups (broad SMARTS) is 1. The van der Waals surface area contributed by atoms with Gasteiger partial charge in [0, 0.05) is 44.5 Å². The Morgan fingerprint density at radius 2 is 1.98 bits per heavy atom. The predicted molar refractivity (Wildman–Crippen MR) is 163 cm³/mol. The van der Waals surface area contributed by atoms with E-state index in [-0.39, 0.29) is 29.2 Å². The van der Waals surface area contributed by atoms with Crippen molar-refractivity contribution in [3.63, 3.8) is 0 Å². The molecule has 2 aromatic carbocycles. The van der Waals surface area contributed by atoms with Crippen molar-refractivity contribution in [1.29, 1.82) is 5.41 Å². The molecule has 220 valence electrons. The molecule has 2 aliphatic heterocycles. The van der Waals surface area contributed by atoms with E-state index >= 15 is 0 Å². The maximum absolute atomic E-state index is 13.0. The van der Waals surface area contributed by atoms with Crippen molar-refractivity contribution in [2.45, 2.75) is 44.6 Å². The molecule has 0 atom stereocenters. The number of hydrogen-bond donors (Lipinski definition) is 3. The average Bonchev–Trinajstić information content (AvgIpc) is 3.22. The Balaban J connectivity index is 1.45. The molecule has 0 bridgehead atoms. The summed E-state index contributed by atoms with van der Waals surface area (Å²) in [7, 11) is -4.21. The zero-order valence-electron chi connectivity index (χ0n) is 22.8. The molecular weight excluding hydrogens is 566 g/mol. The van der Waals surface area contributed by atoms with Crippen LogP contribution in [-0.2, 0) is 14.8 Å². The molecule has 12 heteroatoms. The molecule has 10 nitrogen and oxygen atoms in total. The van der Waals surface area contributed by atoms with Crippen molar-refractivity contribution < 1.29 is 23.1 Å². The van der Waals surface area contributed by atoms with Crippen LogP contribution in [-0.4, -0.2) is 74.1 Å². The summed E-state index contributed by atoms with van der Waals surface area (Å²) in [5.41, 5.74) is 7.03. The number of sulfonamides is 1. The van der Waals surface area contributed by atoms with Crippen molar-refractivity contribution in [1.82, 2.24) is 4.90 Å². The number of ether oxygens (including phenoxy) is 1. The molecular formula is C29H36ClN5O5S. The summed E-state index contributed by atoms with van der Waals surface area (Å²) in [4.78, 5) is 18.4. The summed E-state index contributed by atoms with van der Waals surface area (Å²) in [5.74, 6) is -0.956. The third-order valence-electron chi connectivity index (χ3n) is 7.08. The van der Waals surface area contributed by atoms with E-state index in [1.54, 1.807) is 48.6 Å². The lowest BCUT2D eigenvalue weighted by Crippen LogP contribution is -2.41. The second kappa shape index (κ2) is 13.9. The number of halogens is 1. The number of nitrogens with two attached hydrogens (primary N) is 1. The number of piperidine rings is 1. The minimum Gasteiger partial charge on any atom is -0.489 e. The van der Waals surface area contributed by atoms with Gasteiger partial charge in [-0.3, -0.25) is 19.5 Å². The molecule has 0 aromatic heterocycles. The third kappa shape index (κ3) is 8.46. The van der Waals surface area contributed by atoms with E-state index in [1.165, 1.54) is 24.7 Å². The van der Waals surface area contributed by atoms with E-state index in [0.29, 0.717) is 16.9 Å². The first kappa shape index (κ1) is 30.4. The molecule has 2 heterocycles. The summed E-state index contributed by atoms with van der Waals surface area (Å²) >= 11 is 6.55. The number of carbonyl (C=O) groups is 1. The van der Waals surface area contributed by atoms with Crippen molar-refractivity contribution in [3.05, 3.63) is 64.7 Å². The predicted octanol–water partition coefficient (Wildman–Crippen LogP) is 4.37. The normalized spacial score (nSPS) is 16.7. The number of benzene rings is 2. The zero-order valence-corrected chi connectivity index (χ0v) is 24.4. The van der Waals surface area contributed by atoms with Gasteiger partial charge < -0.3 is 20.5 Å². The van der Waals surface area contributed by atoms with Gasteiger partial charge in [-0.05, 0) is 42.7 Å². The first-order valence-electron chi connectivity index (χ1n) is 13.7. The summed E-state index contributed by atoms with van der Waals surface area (Å²) in [5, 5.41) is 17.1. The molecule has 0 saturated carbocycles. The van der Waals surface area contributed by atoms with Crippen LogP contribution in [0.1, 0.15) is 49.7 Å². The van der Waals surface area contributed by atoms with Crippen molar-refractivity contribution in [2.24, 2.45) is 10.7 Å². The minimum atomic E-state index is -4.21. The van der Waals surface area contributed by atoms with Gasteiger partial charge in [-0.25, -0.2) is 8.42 Å². The van der Waals surface area contributed by atoms with Gasteiger partial charge in [0.2, 0.25) is 10.0 Å². The molecule has 2 aliphatic rings. The number of nitrogens with one attached hydrogen (secondary N) is 1. The van der Waals surface area contributed by atoms with Crippen LogP contribution in [0.2, 0.25) is 5.02 Å². The third-order valence-corrected chi connectivity index (χ3v) is 9.02. The highest BCUT2D eigenvalue weighted by molar-refractivity contribution is 7.93. The molecule has 0 aliphatic carbocycles. The largest absolute Gasteiger partial charge is 0.489 e. The number of nitrogen functional groups attached to an aromatic ring is 1. The number of nitrogens with zero attached hydrogens (tertiary/aromatic N) is 3. The number of anilines is 1. The fourth-order valence-corrected chi connectivity index (χ4v) is 6.41. The fraction of sp³-hybridized carbons (Fsp3) is 0.414. The van der Waals surface area contributed by atoms with Gasteiger partial charge in [0.15, 0.2) is 5.75 Å². The lowest BCUT2D eigenvalue weighted by atomic mass is 10.1. The Bertz CT molecular complexity index is 1420. The van der Waals surface area contributed by atoms with E-state index in [9.17, 15) is 18.3 Å². The van der Waals surface area contributed by atoms with Crippen molar-refractivity contribution in [2.75, 3.05) is 36.2 Å². The standard InChI is InChI=1S/C29H36ClN5O5S/c30-25-19-23(10-11-26(25)40-24-12-16-34(17-13-24)27-9-2-1-3-14-33-27)35(41(38,39)20-28(36)37)15-5-7-21-6-4-8-22(18-21)29(31)32/h4-8,10-11,18-19,24H,1-3,9,12-17,20H2,(H3,31,32)(H,36,37)/b7-5+. The van der Waals surface area contributed by atoms with Crippen LogP contribution in [0.25, 0.3) is 6.08 Å². The van der Waals surface area contributed by atoms with Crippen LogP contribution in [0.5, 0.6) is 5.75 Å². The highest BCUT2D eigenvalue weighted by atomic mass is 35.5. The summed E-state index contributed by atoms with van der Waals surface area (Å²) in [6.45, 7) is 2.50. The summed E-state index contributed by atoms with van der Waals surface area (Å²) in [6.07, 6.45) is 9.49. The molecule has 0 radical (unpaired) electrons. The highest BCUT2D eigenvalue weighted by Gasteiger charge is 2.27. The number of carboxylic acids is 1. The zero-order chi connectivity index (χ0) is 29.4. The van der Waals surface area contributed by atoms with Gasteiger partial charge >= 0.3 is 5.97 Å². The molecule has 1 saturated heterocycles. The minimum absolute atomic E-state index is 0.0264. The van der Waals surface area contributed by atoms with Crippen LogP contribution in [0.15, 0.2) is 53.5 Å². The van der Waals surface area contributed by atoms with Gasteiger partial charge in [-0.15, -0.1) is 0 Å². The van der Waals surface area contributed by atoms with Gasteiger partial charge in [-0.1, -0.05) is 48.4 Å². The first-order valence-corrected chi connectivity index (χ1v) is 15.7. The van der Waals surface area contributed by atoms with E-state index in [0.717, 1.165) is 49.6 Å². The quantitative estimate of drug-likeness (QED) is 0.270. The smallest absolute Gasteiger partial charge is 0.320 e. The van der Waals surface area contributed by atoms with Crippen molar-refractivity contribution >= 4 is 51.0 Å². The van der Waals surface area contributed by atoms with Gasteiger partial charge in [0.05, 0.1) is 23.1 Å². The van der Waals surface area contributed by atoms with E-state index in [2.05, 4.69) is 4.90 Å². The molecule has 2 aromatic rings. The molecule has 41 heavy (non-hydrogen) atoms. The Hall–Kier alpha value is -3.57. The Morgan fingerprint density at radius 3 is 2.68 bits per heavy atom. The van der Waals surface area contributed by atoms with Crippen LogP contribution < -0.4 is 14.8 Å². The van der Waals surface area contributed by atoms with Crippen molar-refractivity contribution in [3.8, 4) is 5.75 Å².